The normalized spacial score (nSPS) is 17.9. The Kier molecular flexibility index (Phi) is 5.28. The molecule has 1 saturated heterocycles. The van der Waals surface area contributed by atoms with Crippen molar-refractivity contribution in [1.82, 2.24) is 19.3 Å². The predicted molar refractivity (Wildman–Crippen MR) is 120 cm³/mol. The van der Waals surface area contributed by atoms with Gasteiger partial charge in [0, 0.05) is 44.0 Å². The van der Waals surface area contributed by atoms with E-state index in [1.165, 1.54) is 6.07 Å². The number of ketones is 1. The number of imidazole rings is 1. The molecule has 4 heterocycles. The van der Waals surface area contributed by atoms with Crippen LogP contribution in [0.5, 0.6) is 0 Å². The minimum Gasteiger partial charge on any atom is -0.355 e. The first-order valence-corrected chi connectivity index (χ1v) is 11.0. The van der Waals surface area contributed by atoms with Crippen molar-refractivity contribution < 1.29 is 9.18 Å². The fraction of sp³-hybridized carbons (Fsp3) is 0.375. The van der Waals surface area contributed by atoms with Gasteiger partial charge in [-0.3, -0.25) is 4.79 Å². The van der Waals surface area contributed by atoms with Crippen molar-refractivity contribution in [1.29, 1.82) is 0 Å². The third-order valence-electron chi connectivity index (χ3n) is 6.25. The number of allylic oxidation sites excluding steroid dienone is 1. The Balaban J connectivity index is 1.47. The Labute approximate surface area is 181 Å². The summed E-state index contributed by atoms with van der Waals surface area (Å²) in [5.41, 5.74) is 3.12. The molecular weight excluding hydrogens is 393 g/mol. The van der Waals surface area contributed by atoms with Crippen molar-refractivity contribution in [2.75, 3.05) is 37.6 Å². The number of aryl methyl sites for hydroxylation is 1. The van der Waals surface area contributed by atoms with E-state index in [0.717, 1.165) is 56.2 Å². The maximum absolute atomic E-state index is 14.1. The Morgan fingerprint density at radius 2 is 1.97 bits per heavy atom. The molecule has 160 valence electrons. The van der Waals surface area contributed by atoms with Crippen LogP contribution in [-0.2, 0) is 11.2 Å². The van der Waals surface area contributed by atoms with Crippen LogP contribution in [0.4, 0.5) is 10.2 Å². The lowest BCUT2D eigenvalue weighted by Crippen LogP contribution is -2.31. The van der Waals surface area contributed by atoms with Gasteiger partial charge in [0.25, 0.3) is 0 Å². The largest absolute Gasteiger partial charge is 0.355 e. The molecule has 6 nitrogen and oxygen atoms in total. The number of pyridine rings is 2. The molecule has 1 fully saturated rings. The van der Waals surface area contributed by atoms with Crippen LogP contribution in [0.1, 0.15) is 36.7 Å². The third kappa shape index (κ3) is 3.85. The molecule has 3 aromatic rings. The van der Waals surface area contributed by atoms with Gasteiger partial charge >= 0.3 is 0 Å². The zero-order valence-corrected chi connectivity index (χ0v) is 17.7. The molecule has 7 heteroatoms. The van der Waals surface area contributed by atoms with Crippen molar-refractivity contribution in [2.45, 2.75) is 26.2 Å². The molecule has 0 spiro atoms. The second kappa shape index (κ2) is 8.23. The molecule has 31 heavy (non-hydrogen) atoms. The highest BCUT2D eigenvalue weighted by atomic mass is 19.1. The van der Waals surface area contributed by atoms with Gasteiger partial charge in [-0.15, -0.1) is 0 Å². The minimum atomic E-state index is -0.402. The van der Waals surface area contributed by atoms with Crippen LogP contribution < -0.4 is 4.90 Å². The van der Waals surface area contributed by atoms with Crippen molar-refractivity contribution in [3.63, 3.8) is 0 Å². The predicted octanol–water partition coefficient (Wildman–Crippen LogP) is 3.46. The second-order valence-electron chi connectivity index (χ2n) is 8.17. The van der Waals surface area contributed by atoms with E-state index in [1.54, 1.807) is 22.9 Å². The molecule has 0 saturated carbocycles. The van der Waals surface area contributed by atoms with Crippen molar-refractivity contribution in [2.24, 2.45) is 0 Å². The van der Waals surface area contributed by atoms with Crippen LogP contribution in [0.2, 0.25) is 0 Å². The number of hydrogen-bond donors (Lipinski definition) is 0. The lowest BCUT2D eigenvalue weighted by Gasteiger charge is -2.23. The summed E-state index contributed by atoms with van der Waals surface area (Å²) in [6.07, 6.45) is 7.40. The van der Waals surface area contributed by atoms with E-state index in [9.17, 15) is 9.18 Å². The highest BCUT2D eigenvalue weighted by molar-refractivity contribution is 6.25. The molecule has 0 atom stereocenters. The number of hydrogen-bond acceptors (Lipinski definition) is 5. The van der Waals surface area contributed by atoms with Crippen LogP contribution in [0, 0.1) is 5.82 Å². The SMILES string of the molecule is CCN1CCCN(c2ccc3c(n2)CCC(=O)C(c2cn4cccc(F)c4n2)=C3)CC1. The summed E-state index contributed by atoms with van der Waals surface area (Å²) < 4.78 is 15.7. The summed E-state index contributed by atoms with van der Waals surface area (Å²) in [5.74, 6) is 0.591. The molecule has 0 amide bonds. The van der Waals surface area contributed by atoms with E-state index in [0.29, 0.717) is 24.1 Å². The fourth-order valence-electron chi connectivity index (χ4n) is 4.45. The summed E-state index contributed by atoms with van der Waals surface area (Å²) in [6, 6.07) is 7.10. The number of likely N-dealkylation sites (N-methyl/N-ethyl adjacent to an activating group) is 1. The van der Waals surface area contributed by atoms with Gasteiger partial charge in [0.15, 0.2) is 17.2 Å². The Morgan fingerprint density at radius 3 is 2.81 bits per heavy atom. The number of nitrogens with zero attached hydrogens (tertiary/aromatic N) is 5. The molecular formula is C24H26FN5O. The summed E-state index contributed by atoms with van der Waals surface area (Å²) in [5, 5.41) is 0. The van der Waals surface area contributed by atoms with E-state index in [4.69, 9.17) is 4.98 Å². The first-order chi connectivity index (χ1) is 15.1. The minimum absolute atomic E-state index is 0.0109. The monoisotopic (exact) mass is 419 g/mol. The number of rotatable bonds is 3. The Hall–Kier alpha value is -3.06. The average molecular weight is 420 g/mol. The summed E-state index contributed by atoms with van der Waals surface area (Å²) in [4.78, 5) is 27.0. The molecule has 1 aliphatic carbocycles. The van der Waals surface area contributed by atoms with E-state index in [-0.39, 0.29) is 11.4 Å². The zero-order chi connectivity index (χ0) is 21.4. The molecule has 0 radical (unpaired) electrons. The lowest BCUT2D eigenvalue weighted by atomic mass is 10.1. The van der Waals surface area contributed by atoms with Gasteiger partial charge in [0.05, 0.1) is 11.4 Å². The molecule has 5 rings (SSSR count). The van der Waals surface area contributed by atoms with Gasteiger partial charge in [-0.2, -0.15) is 0 Å². The van der Waals surface area contributed by atoms with E-state index >= 15 is 0 Å². The van der Waals surface area contributed by atoms with Crippen molar-refractivity contribution in [3.05, 3.63) is 59.4 Å². The number of halogens is 1. The van der Waals surface area contributed by atoms with Crippen LogP contribution in [-0.4, -0.2) is 57.8 Å². The maximum atomic E-state index is 14.1. The van der Waals surface area contributed by atoms with Crippen molar-refractivity contribution in [3.8, 4) is 0 Å². The quantitative estimate of drug-likeness (QED) is 0.651. The highest BCUT2D eigenvalue weighted by Gasteiger charge is 2.22. The Morgan fingerprint density at radius 1 is 1.06 bits per heavy atom. The van der Waals surface area contributed by atoms with Crippen LogP contribution >= 0.6 is 0 Å². The lowest BCUT2D eigenvalue weighted by molar-refractivity contribution is -0.113. The van der Waals surface area contributed by atoms with E-state index < -0.39 is 5.82 Å². The first-order valence-electron chi connectivity index (χ1n) is 11.0. The van der Waals surface area contributed by atoms with Crippen LogP contribution in [0.25, 0.3) is 17.3 Å². The van der Waals surface area contributed by atoms with Crippen LogP contribution in [0.3, 0.4) is 0 Å². The van der Waals surface area contributed by atoms with Gasteiger partial charge in [0.1, 0.15) is 5.82 Å². The fourth-order valence-corrected chi connectivity index (χ4v) is 4.45. The van der Waals surface area contributed by atoms with E-state index in [2.05, 4.69) is 27.8 Å². The van der Waals surface area contributed by atoms with Gasteiger partial charge in [0.2, 0.25) is 0 Å². The summed E-state index contributed by atoms with van der Waals surface area (Å²) >= 11 is 0. The number of anilines is 1. The number of fused-ring (bicyclic) bond motifs is 2. The topological polar surface area (TPSA) is 53.7 Å². The number of carbonyl (C=O) groups is 1. The molecule has 0 bridgehead atoms. The third-order valence-corrected chi connectivity index (χ3v) is 6.25. The van der Waals surface area contributed by atoms with Crippen LogP contribution in [0.15, 0.2) is 36.7 Å². The molecule has 0 N–H and O–H groups in total. The summed E-state index contributed by atoms with van der Waals surface area (Å²) in [7, 11) is 0. The van der Waals surface area contributed by atoms with Gasteiger partial charge in [-0.05, 0) is 61.8 Å². The van der Waals surface area contributed by atoms with Crippen molar-refractivity contribution >= 4 is 28.9 Å². The number of Topliss-reactive ketones (excluding diaryl/α,β-unsaturated/α-hetero) is 1. The molecule has 1 aliphatic heterocycles. The summed E-state index contributed by atoms with van der Waals surface area (Å²) in [6.45, 7) is 7.41. The first kappa shape index (κ1) is 19.9. The van der Waals surface area contributed by atoms with Gasteiger partial charge in [-0.25, -0.2) is 14.4 Å². The standard InChI is InChI=1S/C24H26FN5O/c1-2-28-10-4-12-29(14-13-28)23-9-6-17-15-18(22(31)8-7-20(17)26-23)21-16-30-11-3-5-19(25)24(30)27-21/h3,5-6,9,11,15-16H,2,4,7-8,10,12-14H2,1H3. The molecule has 0 unspecified atom stereocenters. The zero-order valence-electron chi connectivity index (χ0n) is 17.7. The molecule has 0 aromatic carbocycles. The smallest absolute Gasteiger partial charge is 0.173 e. The highest BCUT2D eigenvalue weighted by Crippen LogP contribution is 2.28. The molecule has 3 aromatic heterocycles. The van der Waals surface area contributed by atoms with Gasteiger partial charge < -0.3 is 14.2 Å². The second-order valence-corrected chi connectivity index (χ2v) is 8.17. The van der Waals surface area contributed by atoms with E-state index in [1.807, 2.05) is 12.1 Å². The maximum Gasteiger partial charge on any atom is 0.173 e. The number of carbonyl (C=O) groups excluding carboxylic acids is 1. The molecule has 2 aliphatic rings. The average Bonchev–Trinajstić information content (AvgIpc) is 2.97. The van der Waals surface area contributed by atoms with Gasteiger partial charge in [-0.1, -0.05) is 6.92 Å². The number of aromatic nitrogens is 3. The Bertz CT molecular complexity index is 1170.